The number of quaternary nitrogens is 1. The normalized spacial score (nSPS) is 21.8. The lowest BCUT2D eigenvalue weighted by Gasteiger charge is -2.32. The van der Waals surface area contributed by atoms with Crippen LogP contribution in [0.15, 0.2) is 39.9 Å². The SMILES string of the molecule is CCn1c(=O)c(C(=O)C[NH+]2C[C@@H](C)O[C@@H](C)C2)c(N)n(Cc2ccccc2)c1=O. The molecule has 2 heterocycles. The fraction of sp³-hybridized carbons (Fsp3) is 0.476. The Morgan fingerprint density at radius 2 is 1.76 bits per heavy atom. The third-order valence-electron chi connectivity index (χ3n) is 5.27. The van der Waals surface area contributed by atoms with Gasteiger partial charge in [-0.2, -0.15) is 0 Å². The summed E-state index contributed by atoms with van der Waals surface area (Å²) < 4.78 is 8.11. The number of nitrogens with zero attached hydrogens (tertiary/aromatic N) is 2. The van der Waals surface area contributed by atoms with Crippen LogP contribution < -0.4 is 21.9 Å². The van der Waals surface area contributed by atoms with E-state index in [1.807, 2.05) is 44.2 Å². The summed E-state index contributed by atoms with van der Waals surface area (Å²) in [7, 11) is 0. The second kappa shape index (κ2) is 8.75. The number of nitrogens with two attached hydrogens (primary N) is 1. The summed E-state index contributed by atoms with van der Waals surface area (Å²) in [5.74, 6) is -0.403. The van der Waals surface area contributed by atoms with Crippen LogP contribution in [-0.2, 0) is 17.8 Å². The molecule has 0 aliphatic carbocycles. The molecule has 8 nitrogen and oxygen atoms in total. The lowest BCUT2D eigenvalue weighted by molar-refractivity contribution is -0.906. The third-order valence-corrected chi connectivity index (χ3v) is 5.27. The summed E-state index contributed by atoms with van der Waals surface area (Å²) in [6.07, 6.45) is 0.0801. The van der Waals surface area contributed by atoms with Crippen molar-refractivity contribution in [2.24, 2.45) is 0 Å². The van der Waals surface area contributed by atoms with Gasteiger partial charge in [-0.3, -0.25) is 18.7 Å². The van der Waals surface area contributed by atoms with E-state index in [1.54, 1.807) is 6.92 Å². The number of aromatic nitrogens is 2. The average Bonchev–Trinajstić information content (AvgIpc) is 2.65. The Labute approximate surface area is 169 Å². The van der Waals surface area contributed by atoms with Crippen LogP contribution in [0, 0.1) is 0 Å². The van der Waals surface area contributed by atoms with Crippen molar-refractivity contribution in [2.45, 2.75) is 46.1 Å². The number of ketones is 1. The molecule has 0 bridgehead atoms. The maximum Gasteiger partial charge on any atom is 0.332 e. The average molecular weight is 401 g/mol. The van der Waals surface area contributed by atoms with Crippen molar-refractivity contribution >= 4 is 11.6 Å². The van der Waals surface area contributed by atoms with Crippen LogP contribution >= 0.6 is 0 Å². The van der Waals surface area contributed by atoms with E-state index in [0.29, 0.717) is 13.1 Å². The molecule has 1 aromatic carbocycles. The molecule has 1 aromatic heterocycles. The van der Waals surface area contributed by atoms with Gasteiger partial charge in [-0.1, -0.05) is 30.3 Å². The van der Waals surface area contributed by atoms with Gasteiger partial charge >= 0.3 is 5.69 Å². The molecule has 1 aliphatic rings. The van der Waals surface area contributed by atoms with E-state index >= 15 is 0 Å². The van der Waals surface area contributed by atoms with E-state index in [9.17, 15) is 14.4 Å². The number of hydrogen-bond donors (Lipinski definition) is 2. The van der Waals surface area contributed by atoms with E-state index in [4.69, 9.17) is 10.5 Å². The summed E-state index contributed by atoms with van der Waals surface area (Å²) in [5, 5.41) is 0. The number of ether oxygens (including phenoxy) is 1. The fourth-order valence-electron chi connectivity index (χ4n) is 4.02. The molecule has 1 unspecified atom stereocenters. The van der Waals surface area contributed by atoms with Crippen molar-refractivity contribution in [1.29, 1.82) is 0 Å². The number of carbonyl (C=O) groups is 1. The van der Waals surface area contributed by atoms with Crippen molar-refractivity contribution < 1.29 is 14.4 Å². The van der Waals surface area contributed by atoms with Crippen molar-refractivity contribution in [2.75, 3.05) is 25.4 Å². The van der Waals surface area contributed by atoms with Crippen molar-refractivity contribution in [3.8, 4) is 0 Å². The minimum Gasteiger partial charge on any atom is -0.384 e. The number of carbonyl (C=O) groups excluding carboxylic acids is 1. The summed E-state index contributed by atoms with van der Waals surface area (Å²) >= 11 is 0. The highest BCUT2D eigenvalue weighted by Crippen LogP contribution is 2.09. The largest absolute Gasteiger partial charge is 0.384 e. The summed E-state index contributed by atoms with van der Waals surface area (Å²) in [6, 6.07) is 9.35. The van der Waals surface area contributed by atoms with Gasteiger partial charge in [0.15, 0.2) is 0 Å². The molecule has 29 heavy (non-hydrogen) atoms. The van der Waals surface area contributed by atoms with Gasteiger partial charge in [-0.05, 0) is 26.3 Å². The molecule has 0 saturated carbocycles. The monoisotopic (exact) mass is 401 g/mol. The van der Waals surface area contributed by atoms with Gasteiger partial charge in [-0.15, -0.1) is 0 Å². The van der Waals surface area contributed by atoms with Crippen LogP contribution in [0.3, 0.4) is 0 Å². The molecule has 8 heteroatoms. The van der Waals surface area contributed by atoms with Crippen LogP contribution in [-0.4, -0.2) is 46.8 Å². The molecule has 1 saturated heterocycles. The lowest BCUT2D eigenvalue weighted by atomic mass is 10.1. The minimum absolute atomic E-state index is 0.0400. The van der Waals surface area contributed by atoms with Gasteiger partial charge in [0.2, 0.25) is 5.78 Å². The van der Waals surface area contributed by atoms with Crippen LogP contribution in [0.2, 0.25) is 0 Å². The van der Waals surface area contributed by atoms with Crippen molar-refractivity contribution in [1.82, 2.24) is 9.13 Å². The molecule has 0 amide bonds. The van der Waals surface area contributed by atoms with Crippen LogP contribution in [0.25, 0.3) is 0 Å². The zero-order valence-electron chi connectivity index (χ0n) is 17.2. The molecule has 3 rings (SSSR count). The Kier molecular flexibility index (Phi) is 6.34. The Balaban J connectivity index is 1.99. The smallest absolute Gasteiger partial charge is 0.332 e. The molecule has 3 atom stereocenters. The third kappa shape index (κ3) is 4.49. The first-order valence-electron chi connectivity index (χ1n) is 10.0. The maximum atomic E-state index is 13.1. The predicted molar refractivity (Wildman–Crippen MR) is 110 cm³/mol. The second-order valence-corrected chi connectivity index (χ2v) is 7.68. The Hall–Kier alpha value is -2.71. The van der Waals surface area contributed by atoms with E-state index in [-0.39, 0.29) is 49.0 Å². The molecular formula is C21H29N4O4+. The molecule has 1 fully saturated rings. The first-order chi connectivity index (χ1) is 13.8. The summed E-state index contributed by atoms with van der Waals surface area (Å²) in [5.41, 5.74) is 5.86. The zero-order chi connectivity index (χ0) is 21.1. The maximum absolute atomic E-state index is 13.1. The second-order valence-electron chi connectivity index (χ2n) is 7.68. The molecule has 156 valence electrons. The van der Waals surface area contributed by atoms with Crippen molar-refractivity contribution in [3.63, 3.8) is 0 Å². The van der Waals surface area contributed by atoms with E-state index in [1.165, 1.54) is 4.57 Å². The van der Waals surface area contributed by atoms with Crippen LogP contribution in [0.4, 0.5) is 5.82 Å². The number of morpholine rings is 1. The number of Topliss-reactive ketones (excluding diaryl/α,β-unsaturated/α-hetero) is 1. The minimum atomic E-state index is -0.613. The number of hydrogen-bond acceptors (Lipinski definition) is 5. The molecule has 1 aliphatic heterocycles. The number of benzene rings is 1. The molecule has 2 aromatic rings. The number of rotatable bonds is 6. The quantitative estimate of drug-likeness (QED) is 0.638. The predicted octanol–water partition coefficient (Wildman–Crippen LogP) is -0.465. The lowest BCUT2D eigenvalue weighted by Crippen LogP contribution is -3.16. The van der Waals surface area contributed by atoms with Gasteiger partial charge < -0.3 is 15.4 Å². The van der Waals surface area contributed by atoms with Crippen LogP contribution in [0.1, 0.15) is 36.7 Å². The number of nitrogen functional groups attached to an aromatic ring is 1. The van der Waals surface area contributed by atoms with Gasteiger partial charge in [0.05, 0.1) is 6.54 Å². The molecular weight excluding hydrogens is 372 g/mol. The Morgan fingerprint density at radius 3 is 2.34 bits per heavy atom. The van der Waals surface area contributed by atoms with E-state index in [0.717, 1.165) is 15.0 Å². The Morgan fingerprint density at radius 1 is 1.14 bits per heavy atom. The highest BCUT2D eigenvalue weighted by Gasteiger charge is 2.30. The molecule has 3 N–H and O–H groups in total. The first-order valence-corrected chi connectivity index (χ1v) is 10.0. The van der Waals surface area contributed by atoms with Crippen molar-refractivity contribution in [3.05, 3.63) is 62.3 Å². The zero-order valence-corrected chi connectivity index (χ0v) is 17.2. The number of nitrogens with one attached hydrogen (secondary N) is 1. The Bertz CT molecular complexity index is 986. The summed E-state index contributed by atoms with van der Waals surface area (Å²) in [4.78, 5) is 39.8. The van der Waals surface area contributed by atoms with Gasteiger partial charge in [0.25, 0.3) is 5.56 Å². The first kappa shape index (κ1) is 21.0. The van der Waals surface area contributed by atoms with Gasteiger partial charge in [0, 0.05) is 6.54 Å². The van der Waals surface area contributed by atoms with E-state index in [2.05, 4.69) is 0 Å². The van der Waals surface area contributed by atoms with E-state index < -0.39 is 11.2 Å². The highest BCUT2D eigenvalue weighted by molar-refractivity contribution is 6.00. The summed E-state index contributed by atoms with van der Waals surface area (Å²) in [6.45, 7) is 7.53. The van der Waals surface area contributed by atoms with Gasteiger partial charge in [0.1, 0.15) is 43.2 Å². The number of anilines is 1. The topological polar surface area (TPSA) is 101 Å². The molecule has 0 spiro atoms. The fourth-order valence-corrected chi connectivity index (χ4v) is 4.02. The van der Waals surface area contributed by atoms with Gasteiger partial charge in [-0.25, -0.2) is 4.79 Å². The molecule has 0 radical (unpaired) electrons. The standard InChI is InChI=1S/C21H28N4O4/c1-4-24-20(27)18(17(26)13-23-10-14(2)29-15(3)11-23)19(22)25(21(24)28)12-16-8-6-5-7-9-16/h5-9,14-15H,4,10-13,22H2,1-3H3/p+1/t14-,15+. The highest BCUT2D eigenvalue weighted by atomic mass is 16.5. The van der Waals surface area contributed by atoms with Crippen LogP contribution in [0.5, 0.6) is 0 Å².